The van der Waals surface area contributed by atoms with Gasteiger partial charge < -0.3 is 9.88 Å². The molecule has 2 rings (SSSR count). The van der Waals surface area contributed by atoms with Crippen molar-refractivity contribution in [3.05, 3.63) is 54.6 Å². The van der Waals surface area contributed by atoms with Crippen molar-refractivity contribution < 1.29 is 4.79 Å². The van der Waals surface area contributed by atoms with Crippen LogP contribution in [-0.2, 0) is 11.3 Å². The molecule has 0 aliphatic heterocycles. The van der Waals surface area contributed by atoms with Crippen LogP contribution < -0.4 is 5.32 Å². The van der Waals surface area contributed by atoms with E-state index < -0.39 is 5.92 Å². The maximum absolute atomic E-state index is 12.2. The maximum Gasteiger partial charge on any atom is 0.242 e. The zero-order chi connectivity index (χ0) is 14.4. The summed E-state index contributed by atoms with van der Waals surface area (Å²) >= 11 is 0. The number of benzene rings is 1. The van der Waals surface area contributed by atoms with Gasteiger partial charge in [-0.25, -0.2) is 4.98 Å². The van der Waals surface area contributed by atoms with Gasteiger partial charge in [-0.15, -0.1) is 0 Å². The Hall–Kier alpha value is -2.61. The van der Waals surface area contributed by atoms with E-state index in [0.29, 0.717) is 12.1 Å². The maximum atomic E-state index is 12.2. The number of nitrogens with one attached hydrogen (secondary N) is 1. The van der Waals surface area contributed by atoms with Gasteiger partial charge in [0.05, 0.1) is 12.4 Å². The third-order valence-corrected chi connectivity index (χ3v) is 2.96. The van der Waals surface area contributed by atoms with E-state index in [-0.39, 0.29) is 11.9 Å². The minimum absolute atomic E-state index is 0.0729. The number of aromatic nitrogens is 2. The second kappa shape index (κ2) is 6.53. The molecule has 0 saturated heterocycles. The SMILES string of the molecule is CC(Cn1ccnc1)NC(=O)C(C#N)c1ccccc1. The van der Waals surface area contributed by atoms with Gasteiger partial charge in [0.1, 0.15) is 5.92 Å². The van der Waals surface area contributed by atoms with E-state index in [4.69, 9.17) is 0 Å². The van der Waals surface area contributed by atoms with Gasteiger partial charge in [0, 0.05) is 25.0 Å². The number of rotatable bonds is 5. The zero-order valence-corrected chi connectivity index (χ0v) is 11.2. The van der Waals surface area contributed by atoms with Gasteiger partial charge in [-0.05, 0) is 12.5 Å². The molecule has 1 N–H and O–H groups in total. The lowest BCUT2D eigenvalue weighted by molar-refractivity contribution is -0.122. The fraction of sp³-hybridized carbons (Fsp3) is 0.267. The molecular formula is C15H16N4O. The highest BCUT2D eigenvalue weighted by atomic mass is 16.1. The number of hydrogen-bond acceptors (Lipinski definition) is 3. The Morgan fingerprint density at radius 1 is 1.45 bits per heavy atom. The molecule has 0 spiro atoms. The molecule has 1 amide bonds. The molecular weight excluding hydrogens is 252 g/mol. The highest BCUT2D eigenvalue weighted by Crippen LogP contribution is 2.14. The summed E-state index contributed by atoms with van der Waals surface area (Å²) in [5, 5.41) is 12.1. The molecule has 1 aromatic heterocycles. The largest absolute Gasteiger partial charge is 0.350 e. The molecule has 2 atom stereocenters. The molecule has 2 unspecified atom stereocenters. The first-order valence-corrected chi connectivity index (χ1v) is 6.41. The monoisotopic (exact) mass is 268 g/mol. The van der Waals surface area contributed by atoms with Crippen molar-refractivity contribution in [2.75, 3.05) is 0 Å². The van der Waals surface area contributed by atoms with Crippen molar-refractivity contribution in [1.82, 2.24) is 14.9 Å². The van der Waals surface area contributed by atoms with Crippen LogP contribution in [-0.4, -0.2) is 21.5 Å². The summed E-state index contributed by atoms with van der Waals surface area (Å²) in [6.45, 7) is 2.52. The van der Waals surface area contributed by atoms with Crippen LogP contribution in [0, 0.1) is 11.3 Å². The molecule has 2 aromatic rings. The minimum Gasteiger partial charge on any atom is -0.350 e. The highest BCUT2D eigenvalue weighted by Gasteiger charge is 2.21. The summed E-state index contributed by atoms with van der Waals surface area (Å²) < 4.78 is 1.88. The summed E-state index contributed by atoms with van der Waals surface area (Å²) in [6.07, 6.45) is 5.22. The van der Waals surface area contributed by atoms with Crippen molar-refractivity contribution in [3.8, 4) is 6.07 Å². The number of nitrogens with zero attached hydrogens (tertiary/aromatic N) is 3. The van der Waals surface area contributed by atoms with Gasteiger partial charge in [0.25, 0.3) is 0 Å². The quantitative estimate of drug-likeness (QED) is 0.897. The third kappa shape index (κ3) is 3.45. The summed E-state index contributed by atoms with van der Waals surface area (Å²) in [5.74, 6) is -1.05. The van der Waals surface area contributed by atoms with Gasteiger partial charge in [0.15, 0.2) is 0 Å². The van der Waals surface area contributed by atoms with Crippen LogP contribution in [0.4, 0.5) is 0 Å². The summed E-state index contributed by atoms with van der Waals surface area (Å²) in [4.78, 5) is 16.1. The van der Waals surface area contributed by atoms with Crippen LogP contribution in [0.5, 0.6) is 0 Å². The lowest BCUT2D eigenvalue weighted by Crippen LogP contribution is -2.38. The molecule has 1 heterocycles. The van der Waals surface area contributed by atoms with Gasteiger partial charge in [-0.3, -0.25) is 4.79 Å². The molecule has 102 valence electrons. The second-order valence-corrected chi connectivity index (χ2v) is 4.64. The third-order valence-electron chi connectivity index (χ3n) is 2.96. The molecule has 1 aromatic carbocycles. The average molecular weight is 268 g/mol. The standard InChI is InChI=1S/C15H16N4O/c1-12(10-19-8-7-17-11-19)18-15(20)14(9-16)13-5-3-2-4-6-13/h2-8,11-12,14H,10H2,1H3,(H,18,20). The van der Waals surface area contributed by atoms with E-state index in [0.717, 1.165) is 0 Å². The van der Waals surface area contributed by atoms with Crippen LogP contribution in [0.1, 0.15) is 18.4 Å². The molecule has 20 heavy (non-hydrogen) atoms. The first kappa shape index (κ1) is 13.8. The van der Waals surface area contributed by atoms with Crippen molar-refractivity contribution in [2.24, 2.45) is 0 Å². The van der Waals surface area contributed by atoms with E-state index in [1.807, 2.05) is 35.9 Å². The Labute approximate surface area is 117 Å². The van der Waals surface area contributed by atoms with Crippen LogP contribution in [0.2, 0.25) is 0 Å². The molecule has 0 fully saturated rings. The van der Waals surface area contributed by atoms with Gasteiger partial charge >= 0.3 is 0 Å². The normalized spacial score (nSPS) is 13.2. The summed E-state index contributed by atoms with van der Waals surface area (Å²) in [6, 6.07) is 11.1. The average Bonchev–Trinajstić information content (AvgIpc) is 2.93. The van der Waals surface area contributed by atoms with Crippen LogP contribution in [0.3, 0.4) is 0 Å². The smallest absolute Gasteiger partial charge is 0.242 e. The Morgan fingerprint density at radius 3 is 2.80 bits per heavy atom. The number of hydrogen-bond donors (Lipinski definition) is 1. The summed E-state index contributed by atoms with van der Waals surface area (Å²) in [7, 11) is 0. The first-order chi connectivity index (χ1) is 9.70. The van der Waals surface area contributed by atoms with E-state index in [1.165, 1.54) is 0 Å². The van der Waals surface area contributed by atoms with Crippen LogP contribution in [0.15, 0.2) is 49.1 Å². The Kier molecular flexibility index (Phi) is 4.51. The number of carbonyl (C=O) groups excluding carboxylic acids is 1. The second-order valence-electron chi connectivity index (χ2n) is 4.64. The number of imidazole rings is 1. The van der Waals surface area contributed by atoms with Crippen molar-refractivity contribution in [3.63, 3.8) is 0 Å². The predicted molar refractivity (Wildman–Crippen MR) is 74.6 cm³/mol. The lowest BCUT2D eigenvalue weighted by atomic mass is 9.99. The molecule has 0 aliphatic rings. The van der Waals surface area contributed by atoms with Crippen molar-refractivity contribution >= 4 is 5.91 Å². The van der Waals surface area contributed by atoms with Crippen LogP contribution >= 0.6 is 0 Å². The predicted octanol–water partition coefficient (Wildman–Crippen LogP) is 1.70. The molecule has 0 bridgehead atoms. The molecule has 0 radical (unpaired) electrons. The number of nitriles is 1. The molecule has 5 nitrogen and oxygen atoms in total. The lowest BCUT2D eigenvalue weighted by Gasteiger charge is -2.17. The fourth-order valence-corrected chi connectivity index (χ4v) is 2.01. The Bertz CT molecular complexity index is 586. The van der Waals surface area contributed by atoms with Gasteiger partial charge in [-0.1, -0.05) is 30.3 Å². The fourth-order valence-electron chi connectivity index (χ4n) is 2.01. The van der Waals surface area contributed by atoms with Gasteiger partial charge in [-0.2, -0.15) is 5.26 Å². The Balaban J connectivity index is 1.98. The first-order valence-electron chi connectivity index (χ1n) is 6.41. The van der Waals surface area contributed by atoms with Gasteiger partial charge in [0.2, 0.25) is 5.91 Å². The Morgan fingerprint density at radius 2 is 2.20 bits per heavy atom. The van der Waals surface area contributed by atoms with E-state index in [1.54, 1.807) is 24.7 Å². The van der Waals surface area contributed by atoms with E-state index in [2.05, 4.69) is 16.4 Å². The van der Waals surface area contributed by atoms with E-state index in [9.17, 15) is 10.1 Å². The molecule has 5 heteroatoms. The topological polar surface area (TPSA) is 70.7 Å². The number of carbonyl (C=O) groups is 1. The summed E-state index contributed by atoms with van der Waals surface area (Å²) in [5.41, 5.74) is 0.710. The van der Waals surface area contributed by atoms with E-state index >= 15 is 0 Å². The minimum atomic E-state index is -0.776. The molecule has 0 aliphatic carbocycles. The van der Waals surface area contributed by atoms with Crippen molar-refractivity contribution in [2.45, 2.75) is 25.4 Å². The molecule has 0 saturated carbocycles. The van der Waals surface area contributed by atoms with Crippen molar-refractivity contribution in [1.29, 1.82) is 5.26 Å². The zero-order valence-electron chi connectivity index (χ0n) is 11.2. The highest BCUT2D eigenvalue weighted by molar-refractivity contribution is 5.86. The van der Waals surface area contributed by atoms with Crippen LogP contribution in [0.25, 0.3) is 0 Å². The number of amides is 1.